The van der Waals surface area contributed by atoms with Crippen LogP contribution >= 0.6 is 12.2 Å². The minimum absolute atomic E-state index is 0.519. The Kier molecular flexibility index (Phi) is 7.80. The molecule has 0 spiro atoms. The molecule has 0 aliphatic carbocycles. The van der Waals surface area contributed by atoms with Crippen LogP contribution in [0.4, 0.5) is 0 Å². The second-order valence-corrected chi connectivity index (χ2v) is 3.60. The van der Waals surface area contributed by atoms with Crippen molar-refractivity contribution >= 4 is 17.3 Å². The van der Waals surface area contributed by atoms with Crippen LogP contribution in [0.2, 0.25) is 0 Å². The summed E-state index contributed by atoms with van der Waals surface area (Å²) in [5.41, 5.74) is 0. The van der Waals surface area contributed by atoms with E-state index in [4.69, 9.17) is 17.0 Å². The average Bonchev–Trinajstić information content (AvgIpc) is 2.23. The number of methoxy groups -OCH3 is 1. The minimum Gasteiger partial charge on any atom is -0.383 e. The van der Waals surface area contributed by atoms with E-state index >= 15 is 0 Å². The standard InChI is InChI=1S/C10H22N2OS/c1-5-9(6-2)12(7-8-13-4)10(14)11-3/h9H,5-8H2,1-4H3,(H,11,14). The molecule has 0 saturated heterocycles. The lowest BCUT2D eigenvalue weighted by atomic mass is 10.1. The van der Waals surface area contributed by atoms with Crippen LogP contribution in [-0.4, -0.2) is 43.4 Å². The first-order chi connectivity index (χ1) is 6.71. The molecule has 0 heterocycles. The molecular formula is C10H22N2OS. The van der Waals surface area contributed by atoms with Gasteiger partial charge in [-0.25, -0.2) is 0 Å². The van der Waals surface area contributed by atoms with E-state index in [0.717, 1.165) is 31.1 Å². The molecule has 0 unspecified atom stereocenters. The van der Waals surface area contributed by atoms with E-state index in [0.29, 0.717) is 6.04 Å². The van der Waals surface area contributed by atoms with Gasteiger partial charge in [-0.3, -0.25) is 0 Å². The lowest BCUT2D eigenvalue weighted by Crippen LogP contribution is -2.46. The second kappa shape index (κ2) is 8.00. The largest absolute Gasteiger partial charge is 0.383 e. The van der Waals surface area contributed by atoms with Gasteiger partial charge in [0.15, 0.2) is 5.11 Å². The molecule has 1 N–H and O–H groups in total. The van der Waals surface area contributed by atoms with Crippen molar-refractivity contribution in [3.8, 4) is 0 Å². The lowest BCUT2D eigenvalue weighted by Gasteiger charge is -2.32. The van der Waals surface area contributed by atoms with Gasteiger partial charge in [-0.05, 0) is 25.1 Å². The normalized spacial score (nSPS) is 10.4. The molecule has 0 fully saturated rings. The van der Waals surface area contributed by atoms with Crippen molar-refractivity contribution in [3.63, 3.8) is 0 Å². The van der Waals surface area contributed by atoms with E-state index in [1.165, 1.54) is 0 Å². The monoisotopic (exact) mass is 218 g/mol. The summed E-state index contributed by atoms with van der Waals surface area (Å²) >= 11 is 5.26. The van der Waals surface area contributed by atoms with E-state index in [2.05, 4.69) is 24.1 Å². The zero-order valence-corrected chi connectivity index (χ0v) is 10.5. The van der Waals surface area contributed by atoms with Gasteiger partial charge >= 0.3 is 0 Å². The maximum absolute atomic E-state index is 5.26. The Bertz CT molecular complexity index is 160. The number of rotatable bonds is 6. The summed E-state index contributed by atoms with van der Waals surface area (Å²) in [4.78, 5) is 2.21. The van der Waals surface area contributed by atoms with Crippen molar-refractivity contribution < 1.29 is 4.74 Å². The van der Waals surface area contributed by atoms with E-state index in [1.807, 2.05) is 7.05 Å². The molecule has 3 nitrogen and oxygen atoms in total. The van der Waals surface area contributed by atoms with Gasteiger partial charge in [-0.1, -0.05) is 13.8 Å². The fourth-order valence-corrected chi connectivity index (χ4v) is 1.75. The van der Waals surface area contributed by atoms with Crippen LogP contribution in [0, 0.1) is 0 Å². The Hall–Kier alpha value is -0.350. The van der Waals surface area contributed by atoms with Crippen LogP contribution in [0.5, 0.6) is 0 Å². The van der Waals surface area contributed by atoms with Crippen LogP contribution in [0.25, 0.3) is 0 Å². The number of ether oxygens (including phenoxy) is 1. The first-order valence-electron chi connectivity index (χ1n) is 5.18. The predicted octanol–water partition coefficient (Wildman–Crippen LogP) is 1.63. The van der Waals surface area contributed by atoms with Gasteiger partial charge in [0.1, 0.15) is 0 Å². The molecule has 0 aromatic rings. The van der Waals surface area contributed by atoms with Crippen LogP contribution in [0.3, 0.4) is 0 Å². The summed E-state index contributed by atoms with van der Waals surface area (Å²) in [6.45, 7) is 5.96. The molecule has 0 atom stereocenters. The maximum Gasteiger partial charge on any atom is 0.169 e. The molecule has 0 aromatic heterocycles. The van der Waals surface area contributed by atoms with Crippen LogP contribution in [0.15, 0.2) is 0 Å². The summed E-state index contributed by atoms with van der Waals surface area (Å²) < 4.78 is 5.08. The number of hydrogen-bond acceptors (Lipinski definition) is 2. The molecular weight excluding hydrogens is 196 g/mol. The third kappa shape index (κ3) is 4.24. The smallest absolute Gasteiger partial charge is 0.169 e. The molecule has 0 radical (unpaired) electrons. The van der Waals surface area contributed by atoms with Crippen LogP contribution in [0.1, 0.15) is 26.7 Å². The third-order valence-corrected chi connectivity index (χ3v) is 2.83. The molecule has 0 bridgehead atoms. The average molecular weight is 218 g/mol. The van der Waals surface area contributed by atoms with Crippen molar-refractivity contribution in [2.24, 2.45) is 0 Å². The molecule has 0 aromatic carbocycles. The molecule has 4 heteroatoms. The van der Waals surface area contributed by atoms with E-state index in [1.54, 1.807) is 7.11 Å². The SMILES string of the molecule is CCC(CC)N(CCOC)C(=S)NC. The molecule has 0 rings (SSSR count). The minimum atomic E-state index is 0.519. The summed E-state index contributed by atoms with van der Waals surface area (Å²) in [5.74, 6) is 0. The summed E-state index contributed by atoms with van der Waals surface area (Å²) in [7, 11) is 3.58. The highest BCUT2D eigenvalue weighted by atomic mass is 32.1. The van der Waals surface area contributed by atoms with Gasteiger partial charge in [0.25, 0.3) is 0 Å². The summed E-state index contributed by atoms with van der Waals surface area (Å²) in [6.07, 6.45) is 2.23. The highest BCUT2D eigenvalue weighted by Gasteiger charge is 2.16. The lowest BCUT2D eigenvalue weighted by molar-refractivity contribution is 0.158. The predicted molar refractivity (Wildman–Crippen MR) is 64.6 cm³/mol. The fraction of sp³-hybridized carbons (Fsp3) is 0.900. The van der Waals surface area contributed by atoms with Gasteiger partial charge in [0.05, 0.1) is 6.61 Å². The molecule has 84 valence electrons. The number of hydrogen-bond donors (Lipinski definition) is 1. The van der Waals surface area contributed by atoms with Crippen LogP contribution < -0.4 is 5.32 Å². The van der Waals surface area contributed by atoms with E-state index < -0.39 is 0 Å². The second-order valence-electron chi connectivity index (χ2n) is 3.21. The number of nitrogens with zero attached hydrogens (tertiary/aromatic N) is 1. The Morgan fingerprint density at radius 2 is 2.00 bits per heavy atom. The van der Waals surface area contributed by atoms with Crippen molar-refractivity contribution in [2.75, 3.05) is 27.3 Å². The third-order valence-electron chi connectivity index (χ3n) is 2.39. The Morgan fingerprint density at radius 3 is 2.36 bits per heavy atom. The topological polar surface area (TPSA) is 24.5 Å². The number of thiocarbonyl (C=S) groups is 1. The first kappa shape index (κ1) is 13.7. The van der Waals surface area contributed by atoms with E-state index in [-0.39, 0.29) is 0 Å². The van der Waals surface area contributed by atoms with Crippen molar-refractivity contribution in [1.82, 2.24) is 10.2 Å². The highest BCUT2D eigenvalue weighted by molar-refractivity contribution is 7.80. The Labute approximate surface area is 92.8 Å². The quantitative estimate of drug-likeness (QED) is 0.685. The fourth-order valence-electron chi connectivity index (χ4n) is 1.51. The molecule has 0 saturated carbocycles. The van der Waals surface area contributed by atoms with Crippen molar-refractivity contribution in [1.29, 1.82) is 0 Å². The zero-order chi connectivity index (χ0) is 11.0. The van der Waals surface area contributed by atoms with Crippen molar-refractivity contribution in [3.05, 3.63) is 0 Å². The Balaban J connectivity index is 4.27. The molecule has 0 aliphatic heterocycles. The summed E-state index contributed by atoms with van der Waals surface area (Å²) in [5, 5.41) is 3.84. The van der Waals surface area contributed by atoms with Gasteiger partial charge in [-0.2, -0.15) is 0 Å². The first-order valence-corrected chi connectivity index (χ1v) is 5.59. The maximum atomic E-state index is 5.26. The van der Waals surface area contributed by atoms with E-state index in [9.17, 15) is 0 Å². The van der Waals surface area contributed by atoms with Gasteiger partial charge < -0.3 is 15.0 Å². The zero-order valence-electron chi connectivity index (χ0n) is 9.67. The van der Waals surface area contributed by atoms with Crippen molar-refractivity contribution in [2.45, 2.75) is 32.7 Å². The molecule has 14 heavy (non-hydrogen) atoms. The van der Waals surface area contributed by atoms with Gasteiger partial charge in [-0.15, -0.1) is 0 Å². The molecule has 0 amide bonds. The van der Waals surface area contributed by atoms with Crippen LogP contribution in [-0.2, 0) is 4.74 Å². The number of nitrogens with one attached hydrogen (secondary N) is 1. The van der Waals surface area contributed by atoms with Gasteiger partial charge in [0, 0.05) is 26.7 Å². The van der Waals surface area contributed by atoms with Gasteiger partial charge in [0.2, 0.25) is 0 Å². The summed E-state index contributed by atoms with van der Waals surface area (Å²) in [6, 6.07) is 0.519. The molecule has 0 aliphatic rings. The Morgan fingerprint density at radius 1 is 1.43 bits per heavy atom. The highest BCUT2D eigenvalue weighted by Crippen LogP contribution is 2.08.